The summed E-state index contributed by atoms with van der Waals surface area (Å²) in [6.07, 6.45) is 4.63. The summed E-state index contributed by atoms with van der Waals surface area (Å²) in [5.74, 6) is 2.37. The summed E-state index contributed by atoms with van der Waals surface area (Å²) in [6.45, 7) is 5.39. The van der Waals surface area contributed by atoms with E-state index in [0.29, 0.717) is 25.2 Å². The first-order valence-corrected chi connectivity index (χ1v) is 11.3. The average Bonchev–Trinajstić information content (AvgIpc) is 2.82. The van der Waals surface area contributed by atoms with E-state index in [9.17, 15) is 4.79 Å². The lowest BCUT2D eigenvalue weighted by Crippen LogP contribution is -2.39. The van der Waals surface area contributed by atoms with E-state index in [0.717, 1.165) is 53.1 Å². The Balaban J connectivity index is 1.42. The van der Waals surface area contributed by atoms with Crippen molar-refractivity contribution in [2.24, 2.45) is 5.92 Å². The van der Waals surface area contributed by atoms with Crippen molar-refractivity contribution in [3.8, 4) is 0 Å². The minimum absolute atomic E-state index is 0.104. The highest BCUT2D eigenvalue weighted by molar-refractivity contribution is 5.94. The Morgan fingerprint density at radius 3 is 2.53 bits per heavy atom. The van der Waals surface area contributed by atoms with E-state index in [-0.39, 0.29) is 5.91 Å². The molecule has 0 radical (unpaired) electrons. The Kier molecular flexibility index (Phi) is 5.36. The van der Waals surface area contributed by atoms with Crippen LogP contribution in [0.15, 0.2) is 30.5 Å². The van der Waals surface area contributed by atoms with E-state index >= 15 is 0 Å². The predicted molar refractivity (Wildman–Crippen MR) is 125 cm³/mol. The minimum atomic E-state index is -0.104. The number of piperidine rings is 1. The van der Waals surface area contributed by atoms with Gasteiger partial charge in [-0.25, -0.2) is 9.97 Å². The maximum atomic E-state index is 13.2. The zero-order valence-corrected chi connectivity index (χ0v) is 19.0. The lowest BCUT2D eigenvalue weighted by Gasteiger charge is -2.34. The van der Waals surface area contributed by atoms with Gasteiger partial charge in [-0.15, -0.1) is 0 Å². The van der Waals surface area contributed by atoms with Crippen molar-refractivity contribution in [2.75, 3.05) is 43.5 Å². The summed E-state index contributed by atoms with van der Waals surface area (Å²) in [7, 11) is 4.00. The van der Waals surface area contributed by atoms with Crippen molar-refractivity contribution >= 4 is 28.7 Å². The van der Waals surface area contributed by atoms with Gasteiger partial charge in [-0.2, -0.15) is 4.98 Å². The first-order chi connectivity index (χ1) is 15.5. The van der Waals surface area contributed by atoms with Crippen LogP contribution in [0.1, 0.15) is 41.5 Å². The smallest absolute Gasteiger partial charge is 0.274 e. The Morgan fingerprint density at radius 1 is 1.03 bits per heavy atom. The number of carbonyl (C=O) groups is 1. The maximum Gasteiger partial charge on any atom is 0.274 e. The Hall–Kier alpha value is -3.29. The Bertz CT molecular complexity index is 1150. The molecule has 8 heteroatoms. The number of nitrogens with zero attached hydrogens (tertiary/aromatic N) is 7. The number of anilines is 2. The molecule has 8 nitrogen and oxygen atoms in total. The number of amides is 1. The van der Waals surface area contributed by atoms with Gasteiger partial charge in [0.25, 0.3) is 5.91 Å². The van der Waals surface area contributed by atoms with Gasteiger partial charge in [0.05, 0.1) is 29.5 Å². The number of rotatable bonds is 3. The minimum Gasteiger partial charge on any atom is -0.362 e. The van der Waals surface area contributed by atoms with Crippen LogP contribution in [-0.2, 0) is 13.0 Å². The SMILES string of the molecule is CC1CCN(c2nc3c(c(N(C)C)n2)CN(C(=O)c2cnc4ccccc4n2)CC3)CC1. The molecule has 1 saturated heterocycles. The van der Waals surface area contributed by atoms with Crippen LogP contribution in [0.2, 0.25) is 0 Å². The Morgan fingerprint density at radius 2 is 1.78 bits per heavy atom. The van der Waals surface area contributed by atoms with Crippen LogP contribution in [0.3, 0.4) is 0 Å². The third-order valence-corrected chi connectivity index (χ3v) is 6.47. The highest BCUT2D eigenvalue weighted by atomic mass is 16.2. The van der Waals surface area contributed by atoms with E-state index in [2.05, 4.69) is 21.8 Å². The fourth-order valence-electron chi connectivity index (χ4n) is 4.50. The van der Waals surface area contributed by atoms with Crippen LogP contribution in [-0.4, -0.2) is 64.5 Å². The molecule has 3 aromatic rings. The molecular weight excluding hydrogens is 402 g/mol. The maximum absolute atomic E-state index is 13.2. The van der Waals surface area contributed by atoms with E-state index in [1.807, 2.05) is 48.2 Å². The van der Waals surface area contributed by atoms with E-state index in [1.165, 1.54) is 12.8 Å². The standard InChI is InChI=1S/C24H29N7O/c1-16-8-11-30(12-9-16)24-27-18-10-13-31(15-17(18)22(28-24)29(2)3)23(32)21-14-25-19-6-4-5-7-20(19)26-21/h4-7,14,16H,8-13,15H2,1-3H3. The molecule has 166 valence electrons. The predicted octanol–water partition coefficient (Wildman–Crippen LogP) is 2.92. The number of fused-ring (bicyclic) bond motifs is 2. The fraction of sp³-hybridized carbons (Fsp3) is 0.458. The number of benzene rings is 1. The van der Waals surface area contributed by atoms with Gasteiger partial charge in [0.1, 0.15) is 11.5 Å². The molecule has 2 aromatic heterocycles. The van der Waals surface area contributed by atoms with Crippen LogP contribution in [0.5, 0.6) is 0 Å². The molecule has 0 N–H and O–H groups in total. The van der Waals surface area contributed by atoms with Gasteiger partial charge in [-0.3, -0.25) is 9.78 Å². The summed E-state index contributed by atoms with van der Waals surface area (Å²) in [6, 6.07) is 7.60. The van der Waals surface area contributed by atoms with Crippen LogP contribution in [0.25, 0.3) is 11.0 Å². The molecule has 0 unspecified atom stereocenters. The Labute approximate surface area is 188 Å². The van der Waals surface area contributed by atoms with Crippen LogP contribution in [0, 0.1) is 5.92 Å². The van der Waals surface area contributed by atoms with Crippen LogP contribution < -0.4 is 9.80 Å². The second-order valence-electron chi connectivity index (χ2n) is 9.06. The van der Waals surface area contributed by atoms with Crippen LogP contribution >= 0.6 is 0 Å². The second-order valence-corrected chi connectivity index (χ2v) is 9.06. The van der Waals surface area contributed by atoms with Crippen LogP contribution in [0.4, 0.5) is 11.8 Å². The molecule has 1 fully saturated rings. The summed E-state index contributed by atoms with van der Waals surface area (Å²) in [5, 5.41) is 0. The lowest BCUT2D eigenvalue weighted by molar-refractivity contribution is 0.0727. The molecule has 0 aliphatic carbocycles. The molecule has 1 aromatic carbocycles. The van der Waals surface area contributed by atoms with Crippen molar-refractivity contribution in [1.29, 1.82) is 0 Å². The fourth-order valence-corrected chi connectivity index (χ4v) is 4.50. The topological polar surface area (TPSA) is 78.4 Å². The summed E-state index contributed by atoms with van der Waals surface area (Å²) in [5.41, 5.74) is 3.96. The first-order valence-electron chi connectivity index (χ1n) is 11.3. The molecule has 1 amide bonds. The lowest BCUT2D eigenvalue weighted by atomic mass is 9.99. The monoisotopic (exact) mass is 431 g/mol. The van der Waals surface area contributed by atoms with Crippen molar-refractivity contribution in [1.82, 2.24) is 24.8 Å². The van der Waals surface area contributed by atoms with E-state index in [4.69, 9.17) is 9.97 Å². The van der Waals surface area contributed by atoms with Gasteiger partial charge in [0, 0.05) is 45.7 Å². The number of para-hydroxylation sites is 2. The summed E-state index contributed by atoms with van der Waals surface area (Å²) in [4.78, 5) is 38.2. The van der Waals surface area contributed by atoms with Gasteiger partial charge >= 0.3 is 0 Å². The normalized spacial score (nSPS) is 16.8. The van der Waals surface area contributed by atoms with E-state index in [1.54, 1.807) is 6.20 Å². The molecule has 0 bridgehead atoms. The largest absolute Gasteiger partial charge is 0.362 e. The zero-order chi connectivity index (χ0) is 22.2. The quantitative estimate of drug-likeness (QED) is 0.631. The number of hydrogen-bond donors (Lipinski definition) is 0. The van der Waals surface area contributed by atoms with Crippen molar-refractivity contribution in [3.05, 3.63) is 47.4 Å². The number of aromatic nitrogens is 4. The second kappa shape index (κ2) is 8.33. The molecule has 2 aliphatic heterocycles. The average molecular weight is 432 g/mol. The molecule has 32 heavy (non-hydrogen) atoms. The molecular formula is C24H29N7O. The molecule has 0 saturated carbocycles. The van der Waals surface area contributed by atoms with Gasteiger partial charge in [0.2, 0.25) is 5.95 Å². The first kappa shape index (κ1) is 20.6. The third-order valence-electron chi connectivity index (χ3n) is 6.47. The number of hydrogen-bond acceptors (Lipinski definition) is 7. The zero-order valence-electron chi connectivity index (χ0n) is 19.0. The summed E-state index contributed by atoms with van der Waals surface area (Å²) < 4.78 is 0. The molecule has 5 rings (SSSR count). The highest BCUT2D eigenvalue weighted by Crippen LogP contribution is 2.30. The molecule has 4 heterocycles. The van der Waals surface area contributed by atoms with Crippen molar-refractivity contribution in [2.45, 2.75) is 32.7 Å². The molecule has 0 spiro atoms. The van der Waals surface area contributed by atoms with Gasteiger partial charge in [-0.1, -0.05) is 19.1 Å². The summed E-state index contributed by atoms with van der Waals surface area (Å²) >= 11 is 0. The van der Waals surface area contributed by atoms with Crippen molar-refractivity contribution in [3.63, 3.8) is 0 Å². The van der Waals surface area contributed by atoms with Gasteiger partial charge in [-0.05, 0) is 30.9 Å². The third kappa shape index (κ3) is 3.85. The van der Waals surface area contributed by atoms with Gasteiger partial charge < -0.3 is 14.7 Å². The van der Waals surface area contributed by atoms with Gasteiger partial charge in [0.15, 0.2) is 0 Å². The van der Waals surface area contributed by atoms with E-state index < -0.39 is 0 Å². The highest BCUT2D eigenvalue weighted by Gasteiger charge is 2.29. The molecule has 2 aliphatic rings. The van der Waals surface area contributed by atoms with Crippen molar-refractivity contribution < 1.29 is 4.79 Å². The molecule has 0 atom stereocenters. The number of carbonyl (C=O) groups excluding carboxylic acids is 1.